The summed E-state index contributed by atoms with van der Waals surface area (Å²) < 4.78 is 9.79. The molecule has 2 N–H and O–H groups in total. The highest BCUT2D eigenvalue weighted by molar-refractivity contribution is 6.36. The van der Waals surface area contributed by atoms with Crippen molar-refractivity contribution in [2.45, 2.75) is 0 Å². The van der Waals surface area contributed by atoms with E-state index in [0.29, 0.717) is 10.6 Å². The smallest absolute Gasteiger partial charge is 0.331 e. The van der Waals surface area contributed by atoms with E-state index in [-0.39, 0.29) is 22.3 Å². The second-order valence-electron chi connectivity index (χ2n) is 4.90. The second-order valence-corrected chi connectivity index (χ2v) is 5.75. The van der Waals surface area contributed by atoms with Gasteiger partial charge in [-0.25, -0.2) is 9.78 Å². The van der Waals surface area contributed by atoms with Crippen LogP contribution in [0.3, 0.4) is 0 Å². The molecule has 0 aliphatic rings. The average molecular weight is 397 g/mol. The maximum atomic E-state index is 11.8. The summed E-state index contributed by atoms with van der Waals surface area (Å²) in [5.41, 5.74) is 0.609. The summed E-state index contributed by atoms with van der Waals surface area (Å²) in [6.45, 7) is -0.511. The first-order valence-electron chi connectivity index (χ1n) is 7.22. The van der Waals surface area contributed by atoms with Gasteiger partial charge >= 0.3 is 5.97 Å². The molecule has 0 saturated heterocycles. The third kappa shape index (κ3) is 5.65. The molecule has 1 amide bonds. The number of nitrogens with zero attached hydrogens (tertiary/aromatic N) is 1. The van der Waals surface area contributed by atoms with Crippen molar-refractivity contribution in [1.29, 1.82) is 0 Å². The molecule has 1 heterocycles. The number of aromatic hydroxyl groups is 1. The molecule has 9 heteroatoms. The van der Waals surface area contributed by atoms with Crippen LogP contribution in [0, 0.1) is 0 Å². The van der Waals surface area contributed by atoms with E-state index in [1.807, 2.05) is 0 Å². The van der Waals surface area contributed by atoms with Crippen LogP contribution in [0.15, 0.2) is 36.5 Å². The lowest BCUT2D eigenvalue weighted by Gasteiger charge is -2.06. The average Bonchev–Trinajstić information content (AvgIpc) is 2.61. The molecule has 2 rings (SSSR count). The van der Waals surface area contributed by atoms with E-state index in [4.69, 9.17) is 32.7 Å². The monoisotopic (exact) mass is 396 g/mol. The Morgan fingerprint density at radius 2 is 2.08 bits per heavy atom. The lowest BCUT2D eigenvalue weighted by Crippen LogP contribution is -2.20. The predicted molar refractivity (Wildman–Crippen MR) is 97.5 cm³/mol. The largest absolute Gasteiger partial charge is 0.504 e. The normalized spacial score (nSPS) is 10.6. The number of nitrogens with one attached hydrogen (secondary N) is 1. The van der Waals surface area contributed by atoms with Crippen LogP contribution < -0.4 is 10.1 Å². The summed E-state index contributed by atoms with van der Waals surface area (Å²) in [6, 6.07) is 5.98. The molecule has 0 aliphatic carbocycles. The lowest BCUT2D eigenvalue weighted by atomic mass is 10.2. The number of carbonyl (C=O) groups excluding carboxylic acids is 2. The fourth-order valence-electron chi connectivity index (χ4n) is 1.82. The van der Waals surface area contributed by atoms with Crippen LogP contribution in [0.25, 0.3) is 6.08 Å². The topological polar surface area (TPSA) is 97.8 Å². The highest BCUT2D eigenvalue weighted by atomic mass is 35.5. The van der Waals surface area contributed by atoms with Crippen LogP contribution in [0.2, 0.25) is 10.0 Å². The number of anilines is 1. The number of benzene rings is 1. The van der Waals surface area contributed by atoms with Crippen molar-refractivity contribution in [3.05, 3.63) is 52.1 Å². The van der Waals surface area contributed by atoms with Crippen molar-refractivity contribution in [2.24, 2.45) is 0 Å². The van der Waals surface area contributed by atoms with Gasteiger partial charge in [-0.1, -0.05) is 29.3 Å². The predicted octanol–water partition coefficient (Wildman–Crippen LogP) is 3.30. The number of halogens is 2. The maximum Gasteiger partial charge on any atom is 0.331 e. The van der Waals surface area contributed by atoms with E-state index >= 15 is 0 Å². The van der Waals surface area contributed by atoms with Gasteiger partial charge in [-0.2, -0.15) is 0 Å². The Labute approximate surface area is 159 Å². The summed E-state index contributed by atoms with van der Waals surface area (Å²) in [5, 5.41) is 12.4. The summed E-state index contributed by atoms with van der Waals surface area (Å²) in [4.78, 5) is 27.3. The van der Waals surface area contributed by atoms with Gasteiger partial charge in [-0.05, 0) is 29.8 Å². The van der Waals surface area contributed by atoms with Gasteiger partial charge in [0.25, 0.3) is 5.91 Å². The van der Waals surface area contributed by atoms with E-state index in [1.165, 1.54) is 31.5 Å². The van der Waals surface area contributed by atoms with Crippen molar-refractivity contribution in [3.63, 3.8) is 0 Å². The molecule has 136 valence electrons. The molecule has 1 aromatic heterocycles. The first-order valence-corrected chi connectivity index (χ1v) is 7.97. The fourth-order valence-corrected chi connectivity index (χ4v) is 2.25. The van der Waals surface area contributed by atoms with Gasteiger partial charge in [0.2, 0.25) is 0 Å². The lowest BCUT2D eigenvalue weighted by molar-refractivity contribution is -0.142. The molecule has 0 radical (unpaired) electrons. The first-order chi connectivity index (χ1) is 12.4. The van der Waals surface area contributed by atoms with Crippen LogP contribution in [-0.4, -0.2) is 35.7 Å². The van der Waals surface area contributed by atoms with E-state index in [0.717, 1.165) is 6.08 Å². The van der Waals surface area contributed by atoms with Gasteiger partial charge in [-0.15, -0.1) is 0 Å². The van der Waals surface area contributed by atoms with Crippen LogP contribution in [0.5, 0.6) is 11.5 Å². The molecule has 0 aliphatic heterocycles. The van der Waals surface area contributed by atoms with Gasteiger partial charge in [0, 0.05) is 12.3 Å². The molecule has 0 unspecified atom stereocenters. The van der Waals surface area contributed by atoms with Gasteiger partial charge in [0.05, 0.1) is 17.2 Å². The van der Waals surface area contributed by atoms with Crippen molar-refractivity contribution < 1.29 is 24.2 Å². The molecule has 0 saturated carbocycles. The fraction of sp³-hybridized carbons (Fsp3) is 0.118. The molecule has 2 aromatic rings. The zero-order chi connectivity index (χ0) is 19.1. The highest BCUT2D eigenvalue weighted by Gasteiger charge is 2.10. The van der Waals surface area contributed by atoms with Crippen LogP contribution in [-0.2, 0) is 14.3 Å². The Kier molecular flexibility index (Phi) is 6.82. The third-order valence-corrected chi connectivity index (χ3v) is 3.52. The minimum Gasteiger partial charge on any atom is -0.504 e. The quantitative estimate of drug-likeness (QED) is 0.574. The SMILES string of the molecule is COc1cc(/C=C/C(=O)OCC(=O)Nc2ncc(Cl)cc2Cl)ccc1O. The molecular formula is C17H14Cl2N2O5. The van der Waals surface area contributed by atoms with Gasteiger partial charge < -0.3 is 19.9 Å². The van der Waals surface area contributed by atoms with E-state index in [1.54, 1.807) is 12.1 Å². The van der Waals surface area contributed by atoms with Crippen LogP contribution in [0.1, 0.15) is 5.56 Å². The minimum absolute atomic E-state index is 0.0154. The number of ether oxygens (including phenoxy) is 2. The number of hydrogen-bond acceptors (Lipinski definition) is 6. The van der Waals surface area contributed by atoms with E-state index in [9.17, 15) is 14.7 Å². The standard InChI is InChI=1S/C17H14Cl2N2O5/c1-25-14-6-10(2-4-13(14)22)3-5-16(24)26-9-15(23)21-17-12(19)7-11(18)8-20-17/h2-8,22H,9H2,1H3,(H,20,21,23)/b5-3+. The Bertz CT molecular complexity index is 855. The van der Waals surface area contributed by atoms with E-state index in [2.05, 4.69) is 10.3 Å². The number of methoxy groups -OCH3 is 1. The van der Waals surface area contributed by atoms with Crippen molar-refractivity contribution in [1.82, 2.24) is 4.98 Å². The molecule has 7 nitrogen and oxygen atoms in total. The number of pyridine rings is 1. The summed E-state index contributed by atoms with van der Waals surface area (Å²) in [7, 11) is 1.41. The van der Waals surface area contributed by atoms with Gasteiger partial charge in [0.1, 0.15) is 0 Å². The van der Waals surface area contributed by atoms with Crippen molar-refractivity contribution in [3.8, 4) is 11.5 Å². The Morgan fingerprint density at radius 3 is 2.77 bits per heavy atom. The second kappa shape index (κ2) is 9.07. The molecular weight excluding hydrogens is 383 g/mol. The Balaban J connectivity index is 1.87. The third-order valence-electron chi connectivity index (χ3n) is 3.03. The summed E-state index contributed by atoms with van der Waals surface area (Å²) in [6.07, 6.45) is 3.93. The zero-order valence-electron chi connectivity index (χ0n) is 13.5. The molecule has 0 fully saturated rings. The number of phenols is 1. The molecule has 0 spiro atoms. The molecule has 0 atom stereocenters. The molecule has 26 heavy (non-hydrogen) atoms. The number of aromatic nitrogens is 1. The highest BCUT2D eigenvalue weighted by Crippen LogP contribution is 2.26. The number of phenolic OH excluding ortho intramolecular Hbond substituents is 1. The Hall–Kier alpha value is -2.77. The number of amides is 1. The number of esters is 1. The first kappa shape index (κ1) is 19.6. The number of carbonyl (C=O) groups is 2. The Morgan fingerprint density at radius 1 is 1.31 bits per heavy atom. The van der Waals surface area contributed by atoms with Crippen LogP contribution >= 0.6 is 23.2 Å². The summed E-state index contributed by atoms with van der Waals surface area (Å²) >= 11 is 11.6. The maximum absolute atomic E-state index is 11.8. The zero-order valence-corrected chi connectivity index (χ0v) is 15.0. The van der Waals surface area contributed by atoms with Crippen molar-refractivity contribution in [2.75, 3.05) is 19.0 Å². The van der Waals surface area contributed by atoms with Crippen LogP contribution in [0.4, 0.5) is 5.82 Å². The molecule has 0 bridgehead atoms. The van der Waals surface area contributed by atoms with Gasteiger partial charge in [0.15, 0.2) is 23.9 Å². The molecule has 1 aromatic carbocycles. The van der Waals surface area contributed by atoms with Gasteiger partial charge in [-0.3, -0.25) is 4.79 Å². The summed E-state index contributed by atoms with van der Waals surface area (Å²) in [5.74, 6) is -0.952. The number of hydrogen-bond donors (Lipinski definition) is 2. The van der Waals surface area contributed by atoms with E-state index < -0.39 is 18.5 Å². The van der Waals surface area contributed by atoms with Crippen molar-refractivity contribution >= 4 is 47.0 Å². The minimum atomic E-state index is -0.720. The number of rotatable bonds is 6.